The fourth-order valence-corrected chi connectivity index (χ4v) is 1.80. The summed E-state index contributed by atoms with van der Waals surface area (Å²) in [4.78, 5) is 3.87. The zero-order chi connectivity index (χ0) is 13.8. The zero-order valence-electron chi connectivity index (χ0n) is 11.1. The van der Waals surface area contributed by atoms with E-state index in [1.54, 1.807) is 32.3 Å². The molecule has 1 aromatic carbocycles. The van der Waals surface area contributed by atoms with Gasteiger partial charge in [-0.2, -0.15) is 0 Å². The number of anilines is 1. The molecule has 1 aromatic heterocycles. The standard InChI is InChI=1S/C12H16N4O3/c1-17-9-4-8(5-10(18-2)11(9)19-3)6-16-7-14-12(13)15-16/h4-5,7H,6H2,1-3H3,(H2,13,15). The summed E-state index contributed by atoms with van der Waals surface area (Å²) in [5.41, 5.74) is 6.42. The monoisotopic (exact) mass is 264 g/mol. The normalized spacial score (nSPS) is 10.3. The van der Waals surface area contributed by atoms with Crippen LogP contribution in [0.2, 0.25) is 0 Å². The van der Waals surface area contributed by atoms with Gasteiger partial charge in [-0.25, -0.2) is 9.67 Å². The molecule has 0 aliphatic rings. The van der Waals surface area contributed by atoms with Crippen molar-refractivity contribution in [2.75, 3.05) is 27.1 Å². The minimum absolute atomic E-state index is 0.243. The zero-order valence-corrected chi connectivity index (χ0v) is 11.1. The van der Waals surface area contributed by atoms with Gasteiger partial charge in [-0.05, 0) is 17.7 Å². The van der Waals surface area contributed by atoms with Crippen molar-refractivity contribution in [2.45, 2.75) is 6.54 Å². The first-order valence-corrected chi connectivity index (χ1v) is 5.61. The van der Waals surface area contributed by atoms with E-state index in [-0.39, 0.29) is 5.95 Å². The van der Waals surface area contributed by atoms with Crippen molar-refractivity contribution in [1.29, 1.82) is 0 Å². The van der Waals surface area contributed by atoms with Crippen LogP contribution in [0.5, 0.6) is 17.2 Å². The van der Waals surface area contributed by atoms with Crippen molar-refractivity contribution in [1.82, 2.24) is 14.8 Å². The van der Waals surface area contributed by atoms with Gasteiger partial charge >= 0.3 is 0 Å². The molecule has 0 fully saturated rings. The highest BCUT2D eigenvalue weighted by atomic mass is 16.5. The van der Waals surface area contributed by atoms with Crippen molar-refractivity contribution in [2.24, 2.45) is 0 Å². The number of nitrogens with two attached hydrogens (primary N) is 1. The van der Waals surface area contributed by atoms with Crippen LogP contribution in [0, 0.1) is 0 Å². The van der Waals surface area contributed by atoms with Crippen molar-refractivity contribution in [3.05, 3.63) is 24.0 Å². The van der Waals surface area contributed by atoms with Gasteiger partial charge in [0.2, 0.25) is 11.7 Å². The highest BCUT2D eigenvalue weighted by Gasteiger charge is 2.13. The maximum atomic E-state index is 5.48. The predicted molar refractivity (Wildman–Crippen MR) is 69.6 cm³/mol. The number of hydrogen-bond donors (Lipinski definition) is 1. The molecule has 0 bridgehead atoms. The van der Waals surface area contributed by atoms with Gasteiger partial charge < -0.3 is 19.9 Å². The molecule has 0 unspecified atom stereocenters. The Morgan fingerprint density at radius 1 is 1.11 bits per heavy atom. The largest absolute Gasteiger partial charge is 0.493 e. The van der Waals surface area contributed by atoms with E-state index in [0.29, 0.717) is 23.8 Å². The van der Waals surface area contributed by atoms with E-state index >= 15 is 0 Å². The average Bonchev–Trinajstić information content (AvgIpc) is 2.82. The molecule has 2 N–H and O–H groups in total. The highest BCUT2D eigenvalue weighted by molar-refractivity contribution is 5.53. The summed E-state index contributed by atoms with van der Waals surface area (Å²) in [5, 5.41) is 4.03. The van der Waals surface area contributed by atoms with Crippen LogP contribution in [0.15, 0.2) is 18.5 Å². The molecule has 0 spiro atoms. The lowest BCUT2D eigenvalue weighted by Gasteiger charge is -2.14. The second-order valence-electron chi connectivity index (χ2n) is 3.83. The molecular formula is C12H16N4O3. The summed E-state index contributed by atoms with van der Waals surface area (Å²) < 4.78 is 17.5. The Bertz CT molecular complexity index is 543. The van der Waals surface area contributed by atoms with Crippen LogP contribution >= 0.6 is 0 Å². The first-order valence-electron chi connectivity index (χ1n) is 5.61. The number of ether oxygens (including phenoxy) is 3. The van der Waals surface area contributed by atoms with Crippen LogP contribution in [0.25, 0.3) is 0 Å². The van der Waals surface area contributed by atoms with Crippen LogP contribution in [0.1, 0.15) is 5.56 Å². The number of benzene rings is 1. The number of hydrogen-bond acceptors (Lipinski definition) is 6. The first-order chi connectivity index (χ1) is 9.17. The van der Waals surface area contributed by atoms with Crippen molar-refractivity contribution in [3.63, 3.8) is 0 Å². The number of rotatable bonds is 5. The predicted octanol–water partition coefficient (Wildman–Crippen LogP) is 0.934. The molecule has 1 heterocycles. The Labute approximate surface area is 110 Å². The maximum absolute atomic E-state index is 5.48. The van der Waals surface area contributed by atoms with E-state index in [9.17, 15) is 0 Å². The molecule has 102 valence electrons. The van der Waals surface area contributed by atoms with Gasteiger partial charge in [0.1, 0.15) is 6.33 Å². The lowest BCUT2D eigenvalue weighted by molar-refractivity contribution is 0.323. The number of aromatic nitrogens is 3. The van der Waals surface area contributed by atoms with Gasteiger partial charge in [0.05, 0.1) is 27.9 Å². The summed E-state index contributed by atoms with van der Waals surface area (Å²) in [5.74, 6) is 2.01. The van der Waals surface area contributed by atoms with Crippen molar-refractivity contribution >= 4 is 5.95 Å². The summed E-state index contributed by atoms with van der Waals surface area (Å²) in [6, 6.07) is 3.72. The molecular weight excluding hydrogens is 248 g/mol. The fourth-order valence-electron chi connectivity index (χ4n) is 1.80. The lowest BCUT2D eigenvalue weighted by Crippen LogP contribution is -2.03. The molecule has 0 radical (unpaired) electrons. The summed E-state index contributed by atoms with van der Waals surface area (Å²) in [6.07, 6.45) is 1.57. The second kappa shape index (κ2) is 5.47. The van der Waals surface area contributed by atoms with Gasteiger partial charge in [-0.1, -0.05) is 0 Å². The third kappa shape index (κ3) is 2.70. The van der Waals surface area contributed by atoms with E-state index in [0.717, 1.165) is 5.56 Å². The molecule has 7 heteroatoms. The summed E-state index contributed by atoms with van der Waals surface area (Å²) in [7, 11) is 4.72. The fraction of sp³-hybridized carbons (Fsp3) is 0.333. The molecule has 0 atom stereocenters. The highest BCUT2D eigenvalue weighted by Crippen LogP contribution is 2.38. The van der Waals surface area contributed by atoms with Gasteiger partial charge in [-0.3, -0.25) is 0 Å². The third-order valence-electron chi connectivity index (χ3n) is 2.62. The lowest BCUT2D eigenvalue weighted by atomic mass is 10.2. The topological polar surface area (TPSA) is 84.4 Å². The van der Waals surface area contributed by atoms with Crippen LogP contribution in [0.3, 0.4) is 0 Å². The Morgan fingerprint density at radius 2 is 1.74 bits per heavy atom. The maximum Gasteiger partial charge on any atom is 0.239 e. The third-order valence-corrected chi connectivity index (χ3v) is 2.62. The molecule has 0 saturated heterocycles. The summed E-state index contributed by atoms with van der Waals surface area (Å²) in [6.45, 7) is 0.515. The van der Waals surface area contributed by atoms with Gasteiger partial charge in [0.15, 0.2) is 11.5 Å². The van der Waals surface area contributed by atoms with E-state index in [1.807, 2.05) is 12.1 Å². The average molecular weight is 264 g/mol. The van der Waals surface area contributed by atoms with Crippen LogP contribution in [-0.4, -0.2) is 36.1 Å². The minimum Gasteiger partial charge on any atom is -0.493 e. The van der Waals surface area contributed by atoms with E-state index in [2.05, 4.69) is 10.1 Å². The molecule has 0 saturated carbocycles. The van der Waals surface area contributed by atoms with E-state index in [4.69, 9.17) is 19.9 Å². The summed E-state index contributed by atoms with van der Waals surface area (Å²) >= 11 is 0. The molecule has 2 aromatic rings. The molecule has 7 nitrogen and oxygen atoms in total. The number of methoxy groups -OCH3 is 3. The Balaban J connectivity index is 2.35. The molecule has 0 aliphatic carbocycles. The Kier molecular flexibility index (Phi) is 3.74. The quantitative estimate of drug-likeness (QED) is 0.865. The SMILES string of the molecule is COc1cc(Cn2cnc(N)n2)cc(OC)c1OC. The van der Waals surface area contributed by atoms with Crippen molar-refractivity contribution in [3.8, 4) is 17.2 Å². The van der Waals surface area contributed by atoms with E-state index < -0.39 is 0 Å². The smallest absolute Gasteiger partial charge is 0.239 e. The van der Waals surface area contributed by atoms with Crippen LogP contribution in [-0.2, 0) is 6.54 Å². The van der Waals surface area contributed by atoms with E-state index in [1.165, 1.54) is 0 Å². The Hall–Kier alpha value is -2.44. The molecule has 19 heavy (non-hydrogen) atoms. The van der Waals surface area contributed by atoms with Gasteiger partial charge in [0, 0.05) is 0 Å². The number of nitrogens with zero attached hydrogens (tertiary/aromatic N) is 3. The van der Waals surface area contributed by atoms with Crippen LogP contribution < -0.4 is 19.9 Å². The minimum atomic E-state index is 0.243. The first kappa shape index (κ1) is 13.0. The second-order valence-corrected chi connectivity index (χ2v) is 3.83. The number of nitrogen functional groups attached to an aromatic ring is 1. The molecule has 0 amide bonds. The molecule has 0 aliphatic heterocycles. The van der Waals surface area contributed by atoms with Gasteiger partial charge in [0.25, 0.3) is 0 Å². The van der Waals surface area contributed by atoms with Crippen molar-refractivity contribution < 1.29 is 14.2 Å². The van der Waals surface area contributed by atoms with Gasteiger partial charge in [-0.15, -0.1) is 5.10 Å². The molecule has 2 rings (SSSR count). The van der Waals surface area contributed by atoms with Crippen LogP contribution in [0.4, 0.5) is 5.95 Å². The Morgan fingerprint density at radius 3 is 2.16 bits per heavy atom.